The van der Waals surface area contributed by atoms with Crippen molar-refractivity contribution in [3.63, 3.8) is 0 Å². The molecule has 59 heavy (non-hydrogen) atoms. The largest absolute Gasteiger partial charge is 0.462 e. The van der Waals surface area contributed by atoms with E-state index in [1.165, 1.54) is 199 Å². The molecule has 0 unspecified atom stereocenters. The highest BCUT2D eigenvalue weighted by molar-refractivity contribution is 5.69. The van der Waals surface area contributed by atoms with Crippen molar-refractivity contribution in [1.29, 1.82) is 0 Å². The van der Waals surface area contributed by atoms with Crippen LogP contribution in [0.2, 0.25) is 0 Å². The normalized spacial score (nSPS) is 28.9. The summed E-state index contributed by atoms with van der Waals surface area (Å²) in [5, 5.41) is 0. The van der Waals surface area contributed by atoms with Crippen LogP contribution in [0.4, 0.5) is 0 Å². The van der Waals surface area contributed by atoms with Gasteiger partial charge >= 0.3 is 5.97 Å². The predicted molar refractivity (Wildman–Crippen MR) is 258 cm³/mol. The molecule has 4 aliphatic carbocycles. The highest BCUT2D eigenvalue weighted by atomic mass is 16.5. The molecule has 0 saturated heterocycles. The Kier molecular flexibility index (Phi) is 23.9. The van der Waals surface area contributed by atoms with Crippen molar-refractivity contribution in [3.8, 4) is 0 Å². The average molecular weight is 819 g/mol. The summed E-state index contributed by atoms with van der Waals surface area (Å²) in [5.74, 6) is 5.56. The van der Waals surface area contributed by atoms with Gasteiger partial charge in [-0.05, 0) is 110 Å². The highest BCUT2D eigenvalue weighted by Crippen LogP contribution is 2.67. The Labute approximate surface area is 369 Å². The van der Waals surface area contributed by atoms with Crippen molar-refractivity contribution in [2.45, 2.75) is 279 Å². The smallest absolute Gasteiger partial charge is 0.306 e. The van der Waals surface area contributed by atoms with Gasteiger partial charge in [0.15, 0.2) is 0 Å². The molecule has 4 aliphatic rings. The summed E-state index contributed by atoms with van der Waals surface area (Å²) in [5.41, 5.74) is 2.44. The van der Waals surface area contributed by atoms with E-state index in [9.17, 15) is 4.79 Å². The SMILES string of the molecule is CCCCCCCCCCCCCCCCCCCCCCCCCCCC(=O)O[C@H]1CC[C@@]2(C)C(=CC[C@H]3[C@@H]4CC[C@H]([C@H](C)/C=C/[C@@H](CC)C(C)C)[C@@]4(C)CC[C@@H]32)C1. The molecule has 0 N–H and O–H groups in total. The van der Waals surface area contributed by atoms with Crippen LogP contribution < -0.4 is 0 Å². The van der Waals surface area contributed by atoms with Gasteiger partial charge in [-0.2, -0.15) is 0 Å². The van der Waals surface area contributed by atoms with Gasteiger partial charge in [-0.25, -0.2) is 0 Å². The molecule has 0 aromatic carbocycles. The Balaban J connectivity index is 0.977. The third-order valence-corrected chi connectivity index (χ3v) is 17.5. The molecule has 0 aliphatic heterocycles. The fourth-order valence-electron chi connectivity index (χ4n) is 13.6. The number of carbonyl (C=O) groups is 1. The second-order valence-electron chi connectivity index (χ2n) is 22.1. The van der Waals surface area contributed by atoms with Crippen LogP contribution in [-0.2, 0) is 9.53 Å². The van der Waals surface area contributed by atoms with Gasteiger partial charge in [0.1, 0.15) is 6.10 Å². The predicted octanol–water partition coefficient (Wildman–Crippen LogP) is 18.5. The van der Waals surface area contributed by atoms with E-state index >= 15 is 0 Å². The Hall–Kier alpha value is -1.05. The molecular formula is C57H102O2. The Morgan fingerprint density at radius 3 is 1.64 bits per heavy atom. The minimum Gasteiger partial charge on any atom is -0.462 e. The summed E-state index contributed by atoms with van der Waals surface area (Å²) < 4.78 is 6.18. The first-order valence-electron chi connectivity index (χ1n) is 27.2. The molecule has 2 heteroatoms. The minimum absolute atomic E-state index is 0.0641. The van der Waals surface area contributed by atoms with E-state index in [1.807, 2.05) is 0 Å². The zero-order valence-corrected chi connectivity index (χ0v) is 40.9. The molecule has 3 fully saturated rings. The van der Waals surface area contributed by atoms with Gasteiger partial charge in [-0.3, -0.25) is 4.79 Å². The van der Waals surface area contributed by atoms with Gasteiger partial charge in [-0.1, -0.05) is 226 Å². The average Bonchev–Trinajstić information content (AvgIpc) is 3.58. The lowest BCUT2D eigenvalue weighted by Gasteiger charge is -2.58. The summed E-state index contributed by atoms with van der Waals surface area (Å²) in [4.78, 5) is 12.9. The van der Waals surface area contributed by atoms with E-state index in [2.05, 4.69) is 66.7 Å². The molecule has 9 atom stereocenters. The molecule has 2 nitrogen and oxygen atoms in total. The topological polar surface area (TPSA) is 26.3 Å². The summed E-state index contributed by atoms with van der Waals surface area (Å²) in [6.45, 7) is 17.2. The molecule has 342 valence electrons. The molecule has 0 aromatic rings. The number of unbranched alkanes of at least 4 members (excludes halogenated alkanes) is 24. The monoisotopic (exact) mass is 819 g/mol. The Bertz CT molecular complexity index is 1180. The molecule has 4 rings (SSSR count). The van der Waals surface area contributed by atoms with Crippen LogP contribution in [0, 0.1) is 52.3 Å². The van der Waals surface area contributed by atoms with E-state index in [0.717, 1.165) is 48.9 Å². The van der Waals surface area contributed by atoms with Gasteiger partial charge < -0.3 is 4.74 Å². The maximum Gasteiger partial charge on any atom is 0.306 e. The van der Waals surface area contributed by atoms with Crippen molar-refractivity contribution in [3.05, 3.63) is 23.8 Å². The lowest BCUT2D eigenvalue weighted by Crippen LogP contribution is -2.51. The second kappa shape index (κ2) is 27.9. The van der Waals surface area contributed by atoms with Gasteiger partial charge in [0.25, 0.3) is 0 Å². The fraction of sp³-hybridized carbons (Fsp3) is 0.912. The van der Waals surface area contributed by atoms with Crippen LogP contribution >= 0.6 is 0 Å². The van der Waals surface area contributed by atoms with Crippen LogP contribution in [0.25, 0.3) is 0 Å². The number of carbonyl (C=O) groups excluding carboxylic acids is 1. The number of esters is 1. The number of hydrogen-bond acceptors (Lipinski definition) is 2. The van der Waals surface area contributed by atoms with Gasteiger partial charge in [0.2, 0.25) is 0 Å². The van der Waals surface area contributed by atoms with Gasteiger partial charge in [0.05, 0.1) is 0 Å². The van der Waals surface area contributed by atoms with Crippen molar-refractivity contribution in [1.82, 2.24) is 0 Å². The zero-order valence-electron chi connectivity index (χ0n) is 40.9. The number of ether oxygens (including phenoxy) is 1. The summed E-state index contributed by atoms with van der Waals surface area (Å²) in [6, 6.07) is 0. The van der Waals surface area contributed by atoms with E-state index in [4.69, 9.17) is 4.74 Å². The zero-order chi connectivity index (χ0) is 42.4. The van der Waals surface area contributed by atoms with Crippen molar-refractivity contribution in [2.24, 2.45) is 52.3 Å². The van der Waals surface area contributed by atoms with E-state index < -0.39 is 0 Å². The van der Waals surface area contributed by atoms with Gasteiger partial charge in [0, 0.05) is 12.8 Å². The first-order valence-corrected chi connectivity index (χ1v) is 27.2. The fourth-order valence-corrected chi connectivity index (χ4v) is 13.6. The highest BCUT2D eigenvalue weighted by Gasteiger charge is 2.59. The van der Waals surface area contributed by atoms with Crippen LogP contribution in [0.3, 0.4) is 0 Å². The molecule has 3 saturated carbocycles. The third kappa shape index (κ3) is 16.2. The summed E-state index contributed by atoms with van der Waals surface area (Å²) >= 11 is 0. The lowest BCUT2D eigenvalue weighted by atomic mass is 9.47. The standard InChI is InChI=1S/C57H102O2/c1-8-10-11-12-13-14-15-16-17-18-19-20-21-22-23-24-25-26-27-28-29-30-31-32-33-34-55(58)59-50-41-43-56(6)49(45-50)37-38-51-53-40-39-52(57(53,7)44-42-54(51)56)47(5)35-36-48(9-2)46(3)4/h35-37,46-48,50-54H,8-34,38-45H2,1-7H3/b36-35+/t47-,48-,50+,51+,52-,53+,54+,56+,57-/m1/s1. The summed E-state index contributed by atoms with van der Waals surface area (Å²) in [6.07, 6.45) is 55.1. The van der Waals surface area contributed by atoms with Crippen LogP contribution in [-0.4, -0.2) is 12.1 Å². The second-order valence-corrected chi connectivity index (χ2v) is 22.1. The minimum atomic E-state index is 0.0641. The number of rotatable bonds is 32. The van der Waals surface area contributed by atoms with Crippen LogP contribution in [0.5, 0.6) is 0 Å². The van der Waals surface area contributed by atoms with E-state index in [-0.39, 0.29) is 12.1 Å². The quantitative estimate of drug-likeness (QED) is 0.0384. The Morgan fingerprint density at radius 1 is 0.644 bits per heavy atom. The summed E-state index contributed by atoms with van der Waals surface area (Å²) in [7, 11) is 0. The number of fused-ring (bicyclic) bond motifs is 5. The first kappa shape index (κ1) is 50.6. The van der Waals surface area contributed by atoms with Crippen molar-refractivity contribution >= 4 is 5.97 Å². The van der Waals surface area contributed by atoms with Crippen LogP contribution in [0.1, 0.15) is 273 Å². The molecular weight excluding hydrogens is 717 g/mol. The molecule has 0 amide bonds. The molecule has 0 bridgehead atoms. The van der Waals surface area contributed by atoms with Gasteiger partial charge in [-0.15, -0.1) is 0 Å². The Morgan fingerprint density at radius 2 is 1.15 bits per heavy atom. The number of allylic oxidation sites excluding steroid dienone is 3. The lowest BCUT2D eigenvalue weighted by molar-refractivity contribution is -0.151. The van der Waals surface area contributed by atoms with Crippen LogP contribution in [0.15, 0.2) is 23.8 Å². The van der Waals surface area contributed by atoms with Crippen molar-refractivity contribution < 1.29 is 9.53 Å². The maximum atomic E-state index is 12.9. The number of hydrogen-bond donors (Lipinski definition) is 0. The molecule has 0 heterocycles. The molecule has 0 aromatic heterocycles. The molecule has 0 radical (unpaired) electrons. The van der Waals surface area contributed by atoms with E-state index in [0.29, 0.717) is 29.1 Å². The van der Waals surface area contributed by atoms with Crippen molar-refractivity contribution in [2.75, 3.05) is 0 Å². The maximum absolute atomic E-state index is 12.9. The first-order chi connectivity index (χ1) is 28.6. The third-order valence-electron chi connectivity index (χ3n) is 17.5. The molecule has 0 spiro atoms. The van der Waals surface area contributed by atoms with E-state index in [1.54, 1.807) is 5.57 Å².